The fourth-order valence-corrected chi connectivity index (χ4v) is 4.58. The zero-order chi connectivity index (χ0) is 29.0. The zero-order valence-corrected chi connectivity index (χ0v) is 27.1. The number of hydrogen-bond acceptors (Lipinski definition) is 12. The number of aromatic nitrogens is 11. The second-order valence-corrected chi connectivity index (χ2v) is 12.0. The molecule has 11 nitrogen and oxygen atoms in total. The maximum atomic E-state index is 4.27. The van der Waals surface area contributed by atoms with Crippen LogP contribution in [-0.2, 0) is 14.1 Å². The van der Waals surface area contributed by atoms with Gasteiger partial charge in [0.1, 0.15) is 26.7 Å². The largest absolute Gasteiger partial charge is 0.335 e. The number of rotatable bonds is 0. The molecule has 0 bridgehead atoms. The molecule has 5 rings (SSSR count). The van der Waals surface area contributed by atoms with Crippen molar-refractivity contribution in [2.75, 3.05) is 0 Å². The third-order valence-corrected chi connectivity index (χ3v) is 7.30. The molecule has 0 atom stereocenters. The van der Waals surface area contributed by atoms with Gasteiger partial charge in [-0.15, -0.1) is 43.1 Å². The van der Waals surface area contributed by atoms with Gasteiger partial charge in [-0.2, -0.15) is 9.17 Å². The van der Waals surface area contributed by atoms with Crippen molar-refractivity contribution in [1.29, 1.82) is 0 Å². The highest BCUT2D eigenvalue weighted by atomic mass is 32.1. The van der Waals surface area contributed by atoms with E-state index in [-0.39, 0.29) is 7.43 Å². The Labute approximate surface area is 245 Å². The highest BCUT2D eigenvalue weighted by Gasteiger charge is 2.00. The number of imidazole rings is 1. The molecule has 0 amide bonds. The molecular weight excluding hydrogens is 551 g/mol. The SMILES string of the molecule is C.Cc1nc(C)c(C)s1.Cc1nc(C)n(C)c1C.Cc1nnc(C)s1.Cc1nnn(C)n1.Cc1nsc(C)n1. The molecule has 0 N–H and O–H groups in total. The minimum atomic E-state index is 0. The van der Waals surface area contributed by atoms with Crippen LogP contribution in [0.25, 0.3) is 0 Å². The number of hydrogen-bond donors (Lipinski definition) is 0. The summed E-state index contributed by atoms with van der Waals surface area (Å²) in [6, 6.07) is 0. The average molecular weight is 594 g/mol. The van der Waals surface area contributed by atoms with E-state index in [2.05, 4.69) is 63.3 Å². The van der Waals surface area contributed by atoms with Crippen LogP contribution < -0.4 is 0 Å². The molecule has 216 valence electrons. The quantitative estimate of drug-likeness (QED) is 0.216. The average Bonchev–Trinajstić information content (AvgIpc) is 3.62. The Bertz CT molecular complexity index is 1190. The summed E-state index contributed by atoms with van der Waals surface area (Å²) in [5.74, 6) is 2.68. The minimum Gasteiger partial charge on any atom is -0.335 e. The van der Waals surface area contributed by atoms with E-state index in [9.17, 15) is 0 Å². The Morgan fingerprint density at radius 3 is 1.31 bits per heavy atom. The first kappa shape index (κ1) is 36.0. The molecule has 0 aliphatic carbocycles. The van der Waals surface area contributed by atoms with Crippen molar-refractivity contribution in [3.8, 4) is 0 Å². The van der Waals surface area contributed by atoms with Crippen LogP contribution in [0.5, 0.6) is 0 Å². The summed E-state index contributed by atoms with van der Waals surface area (Å²) in [6.07, 6.45) is 0. The molecule has 0 aliphatic heterocycles. The smallest absolute Gasteiger partial charge is 0.171 e. The van der Waals surface area contributed by atoms with Crippen molar-refractivity contribution >= 4 is 34.2 Å². The molecule has 14 heteroatoms. The monoisotopic (exact) mass is 593 g/mol. The van der Waals surface area contributed by atoms with Gasteiger partial charge in [-0.1, -0.05) is 7.43 Å². The topological polar surface area (TPSA) is 126 Å². The molecule has 0 spiro atoms. The van der Waals surface area contributed by atoms with Gasteiger partial charge in [0.05, 0.1) is 23.4 Å². The number of aryl methyl sites for hydroxylation is 11. The second kappa shape index (κ2) is 17.6. The van der Waals surface area contributed by atoms with Crippen LogP contribution >= 0.6 is 34.2 Å². The predicted molar refractivity (Wildman–Crippen MR) is 163 cm³/mol. The lowest BCUT2D eigenvalue weighted by Crippen LogP contribution is -1.92. The summed E-state index contributed by atoms with van der Waals surface area (Å²) in [5.41, 5.74) is 3.56. The standard InChI is InChI=1S/C7H12N2.C6H9NS.2C4H6N2S.C3H6N4.CH4/c1-5-6(2)9(4)7(3)8-5;1-4-5(2)8-6(3)7-4;1-3-5-6-4(2)7-3;1-3-5-4(2)7-6-3;1-3-4-6-7(2)5-3;/h1-4H3;1-3H3;3*1-2H3;1H4. The summed E-state index contributed by atoms with van der Waals surface area (Å²) in [6.45, 7) is 21.8. The second-order valence-electron chi connectivity index (χ2n) is 8.29. The first-order valence-electron chi connectivity index (χ1n) is 11.8. The van der Waals surface area contributed by atoms with Crippen molar-refractivity contribution in [2.45, 2.75) is 83.6 Å². The maximum Gasteiger partial charge on any atom is 0.171 e. The van der Waals surface area contributed by atoms with E-state index < -0.39 is 0 Å². The van der Waals surface area contributed by atoms with Gasteiger partial charge in [-0.05, 0) is 92.9 Å². The lowest BCUT2D eigenvalue weighted by molar-refractivity contribution is 0.629. The molecule has 0 saturated heterocycles. The van der Waals surface area contributed by atoms with Crippen molar-refractivity contribution in [3.63, 3.8) is 0 Å². The van der Waals surface area contributed by atoms with Crippen molar-refractivity contribution in [1.82, 2.24) is 54.3 Å². The first-order valence-corrected chi connectivity index (χ1v) is 14.2. The zero-order valence-electron chi connectivity index (χ0n) is 24.6. The molecule has 0 saturated carbocycles. The van der Waals surface area contributed by atoms with Crippen molar-refractivity contribution in [2.24, 2.45) is 14.1 Å². The van der Waals surface area contributed by atoms with Crippen LogP contribution in [0.3, 0.4) is 0 Å². The number of tetrazole rings is 1. The molecule has 0 radical (unpaired) electrons. The fraction of sp³-hybridized carbons (Fsp3) is 0.560. The lowest BCUT2D eigenvalue weighted by Gasteiger charge is -1.94. The highest BCUT2D eigenvalue weighted by Crippen LogP contribution is 2.14. The van der Waals surface area contributed by atoms with E-state index in [4.69, 9.17) is 0 Å². The molecule has 0 unspecified atom stereocenters. The van der Waals surface area contributed by atoms with E-state index in [0.717, 1.165) is 32.4 Å². The van der Waals surface area contributed by atoms with Gasteiger partial charge >= 0.3 is 0 Å². The van der Waals surface area contributed by atoms with Crippen LogP contribution in [0.1, 0.15) is 66.9 Å². The Hall–Kier alpha value is -2.97. The Kier molecular flexibility index (Phi) is 16.2. The predicted octanol–water partition coefficient (Wildman–Crippen LogP) is 5.88. The van der Waals surface area contributed by atoms with E-state index in [1.54, 1.807) is 36.6 Å². The van der Waals surface area contributed by atoms with E-state index in [1.165, 1.54) is 37.6 Å². The molecular formula is C25H43N11S3. The van der Waals surface area contributed by atoms with E-state index in [0.29, 0.717) is 5.82 Å². The molecule has 0 aromatic carbocycles. The summed E-state index contributed by atoms with van der Waals surface area (Å²) < 4.78 is 6.04. The van der Waals surface area contributed by atoms with Gasteiger partial charge < -0.3 is 4.57 Å². The van der Waals surface area contributed by atoms with Gasteiger partial charge in [-0.25, -0.2) is 15.0 Å². The number of nitrogens with zero attached hydrogens (tertiary/aromatic N) is 11. The third kappa shape index (κ3) is 14.1. The minimum absolute atomic E-state index is 0. The molecule has 5 aromatic rings. The first-order chi connectivity index (χ1) is 17.7. The van der Waals surface area contributed by atoms with Crippen molar-refractivity contribution < 1.29 is 0 Å². The Morgan fingerprint density at radius 1 is 0.590 bits per heavy atom. The van der Waals surface area contributed by atoms with Crippen molar-refractivity contribution in [3.05, 3.63) is 59.5 Å². The highest BCUT2D eigenvalue weighted by molar-refractivity contribution is 7.11. The molecule has 0 aliphatic rings. The van der Waals surface area contributed by atoms with Crippen LogP contribution in [0.2, 0.25) is 0 Å². The third-order valence-electron chi connectivity index (χ3n) is 4.84. The van der Waals surface area contributed by atoms with Crippen LogP contribution in [-0.4, -0.2) is 54.3 Å². The van der Waals surface area contributed by atoms with Gasteiger partial charge in [0.15, 0.2) is 5.82 Å². The summed E-state index contributed by atoms with van der Waals surface area (Å²) >= 11 is 4.82. The van der Waals surface area contributed by atoms with E-state index >= 15 is 0 Å². The molecule has 0 fully saturated rings. The Balaban J connectivity index is 0.000000461. The summed E-state index contributed by atoms with van der Waals surface area (Å²) in [7, 11) is 3.77. The Morgan fingerprint density at radius 2 is 1.18 bits per heavy atom. The summed E-state index contributed by atoms with van der Waals surface area (Å²) in [5, 5.41) is 22.8. The van der Waals surface area contributed by atoms with Gasteiger partial charge in [-0.3, -0.25) is 0 Å². The number of thiazole rings is 1. The molecule has 39 heavy (non-hydrogen) atoms. The molecule has 5 aromatic heterocycles. The van der Waals surface area contributed by atoms with Gasteiger partial charge in [0.2, 0.25) is 0 Å². The lowest BCUT2D eigenvalue weighted by atomic mass is 10.4. The van der Waals surface area contributed by atoms with Crippen LogP contribution in [0.15, 0.2) is 0 Å². The fourth-order valence-electron chi connectivity index (χ4n) is 2.69. The normalized spacial score (nSPS) is 9.46. The van der Waals surface area contributed by atoms with E-state index in [1.807, 2.05) is 62.4 Å². The van der Waals surface area contributed by atoms with Crippen LogP contribution in [0, 0.1) is 76.2 Å². The van der Waals surface area contributed by atoms with Gasteiger partial charge in [0.25, 0.3) is 0 Å². The summed E-state index contributed by atoms with van der Waals surface area (Å²) in [4.78, 5) is 15.3. The van der Waals surface area contributed by atoms with Crippen LogP contribution in [0.4, 0.5) is 0 Å². The molecule has 5 heterocycles. The maximum absolute atomic E-state index is 4.27. The van der Waals surface area contributed by atoms with Gasteiger partial charge in [0, 0.05) is 17.6 Å².